The van der Waals surface area contributed by atoms with Crippen LogP contribution in [0.25, 0.3) is 10.9 Å². The van der Waals surface area contributed by atoms with Crippen LogP contribution >= 0.6 is 15.9 Å². The number of halogens is 1. The number of fused-ring (bicyclic) bond motifs is 1. The summed E-state index contributed by atoms with van der Waals surface area (Å²) in [7, 11) is 0. The smallest absolute Gasteiger partial charge is 0.282 e. The lowest BCUT2D eigenvalue weighted by Crippen LogP contribution is -2.23. The summed E-state index contributed by atoms with van der Waals surface area (Å²) in [6.45, 7) is 14.6. The molecule has 1 heterocycles. The first-order chi connectivity index (χ1) is 16.8. The van der Waals surface area contributed by atoms with Crippen LogP contribution in [0.15, 0.2) is 57.4 Å². The highest BCUT2D eigenvalue weighted by Crippen LogP contribution is 2.35. The standard InChI is InChI=1S/C28H34BrN3O3/c1-7-11-21-14-20(15-25(34-10-4)26(21)35-19(6)9-3)17-30-32-27(18(5)8-2)31-24-13-12-22(29)16-23(24)28(32)33/h7,12-19H,1,8-11H2,2-6H3/t18-,19+/m0/s1. The third-order valence-corrected chi connectivity index (χ3v) is 6.41. The van der Waals surface area contributed by atoms with Gasteiger partial charge in [-0.2, -0.15) is 9.78 Å². The molecule has 186 valence electrons. The van der Waals surface area contributed by atoms with Crippen LogP contribution in [0.3, 0.4) is 0 Å². The first-order valence-electron chi connectivity index (χ1n) is 12.2. The van der Waals surface area contributed by atoms with Gasteiger partial charge in [-0.05, 0) is 69.0 Å². The molecule has 0 unspecified atom stereocenters. The molecule has 2 aromatic carbocycles. The number of allylic oxidation sites excluding steroid dienone is 1. The van der Waals surface area contributed by atoms with Crippen LogP contribution in [0, 0.1) is 0 Å². The zero-order chi connectivity index (χ0) is 25.5. The second-order valence-corrected chi connectivity index (χ2v) is 9.49. The van der Waals surface area contributed by atoms with Crippen molar-refractivity contribution in [3.8, 4) is 11.5 Å². The van der Waals surface area contributed by atoms with Crippen molar-refractivity contribution in [1.29, 1.82) is 0 Å². The quantitative estimate of drug-likeness (QED) is 0.197. The lowest BCUT2D eigenvalue weighted by Gasteiger charge is -2.20. The van der Waals surface area contributed by atoms with Crippen molar-refractivity contribution in [2.24, 2.45) is 5.10 Å². The number of hydrogen-bond donors (Lipinski definition) is 0. The molecule has 3 rings (SSSR count). The fraction of sp³-hybridized carbons (Fsp3) is 0.393. The van der Waals surface area contributed by atoms with Gasteiger partial charge >= 0.3 is 0 Å². The Labute approximate surface area is 215 Å². The van der Waals surface area contributed by atoms with E-state index < -0.39 is 0 Å². The van der Waals surface area contributed by atoms with E-state index in [0.29, 0.717) is 35.5 Å². The maximum absolute atomic E-state index is 13.4. The highest BCUT2D eigenvalue weighted by atomic mass is 79.9. The molecule has 0 bridgehead atoms. The number of hydrogen-bond acceptors (Lipinski definition) is 5. The van der Waals surface area contributed by atoms with Crippen molar-refractivity contribution in [3.05, 3.63) is 74.8 Å². The zero-order valence-corrected chi connectivity index (χ0v) is 22.8. The maximum atomic E-state index is 13.4. The topological polar surface area (TPSA) is 65.7 Å². The second-order valence-electron chi connectivity index (χ2n) is 8.57. The van der Waals surface area contributed by atoms with Crippen molar-refractivity contribution >= 4 is 33.0 Å². The average Bonchev–Trinajstić information content (AvgIpc) is 2.85. The molecule has 0 fully saturated rings. The summed E-state index contributed by atoms with van der Waals surface area (Å²) in [5.41, 5.74) is 2.23. The molecule has 0 amide bonds. The van der Waals surface area contributed by atoms with Crippen LogP contribution < -0.4 is 15.0 Å². The van der Waals surface area contributed by atoms with Gasteiger partial charge in [0, 0.05) is 16.0 Å². The number of ether oxygens (including phenoxy) is 2. The molecule has 0 aliphatic carbocycles. The fourth-order valence-electron chi connectivity index (χ4n) is 3.65. The predicted molar refractivity (Wildman–Crippen MR) is 147 cm³/mol. The molecular formula is C28H34BrN3O3. The van der Waals surface area contributed by atoms with Crippen LogP contribution in [0.5, 0.6) is 11.5 Å². The van der Waals surface area contributed by atoms with Crippen molar-refractivity contribution < 1.29 is 9.47 Å². The van der Waals surface area contributed by atoms with Crippen molar-refractivity contribution in [2.45, 2.75) is 65.9 Å². The minimum absolute atomic E-state index is 0.0527. The molecule has 0 spiro atoms. The van der Waals surface area contributed by atoms with Gasteiger partial charge in [0.25, 0.3) is 5.56 Å². The Morgan fingerprint density at radius 2 is 1.94 bits per heavy atom. The van der Waals surface area contributed by atoms with Crippen LogP contribution in [0.1, 0.15) is 70.3 Å². The van der Waals surface area contributed by atoms with E-state index in [9.17, 15) is 4.79 Å². The van der Waals surface area contributed by atoms with E-state index in [0.717, 1.165) is 34.2 Å². The summed E-state index contributed by atoms with van der Waals surface area (Å²) >= 11 is 3.45. The minimum atomic E-state index is -0.198. The van der Waals surface area contributed by atoms with Crippen LogP contribution in [-0.2, 0) is 6.42 Å². The third kappa shape index (κ3) is 6.20. The summed E-state index contributed by atoms with van der Waals surface area (Å²) in [6.07, 6.45) is 5.92. The number of benzene rings is 2. The van der Waals surface area contributed by atoms with Gasteiger partial charge < -0.3 is 9.47 Å². The van der Waals surface area contributed by atoms with Gasteiger partial charge in [0.2, 0.25) is 0 Å². The molecular weight excluding hydrogens is 506 g/mol. The van der Waals surface area contributed by atoms with Crippen LogP contribution in [0.4, 0.5) is 0 Å². The Morgan fingerprint density at radius 3 is 2.60 bits per heavy atom. The number of rotatable bonds is 11. The zero-order valence-electron chi connectivity index (χ0n) is 21.2. The molecule has 0 radical (unpaired) electrons. The van der Waals surface area contributed by atoms with Crippen molar-refractivity contribution in [1.82, 2.24) is 9.66 Å². The summed E-state index contributed by atoms with van der Waals surface area (Å²) in [6, 6.07) is 9.43. The monoisotopic (exact) mass is 539 g/mol. The molecule has 0 aliphatic heterocycles. The first-order valence-corrected chi connectivity index (χ1v) is 13.0. The minimum Gasteiger partial charge on any atom is -0.490 e. The van der Waals surface area contributed by atoms with Crippen LogP contribution in [0.2, 0.25) is 0 Å². The molecule has 35 heavy (non-hydrogen) atoms. The van der Waals surface area contributed by atoms with E-state index in [4.69, 9.17) is 14.5 Å². The Bertz CT molecular complexity index is 1280. The van der Waals surface area contributed by atoms with Gasteiger partial charge in [0.05, 0.1) is 29.8 Å². The molecule has 0 saturated heterocycles. The number of aromatic nitrogens is 2. The third-order valence-electron chi connectivity index (χ3n) is 5.92. The average molecular weight is 541 g/mol. The molecule has 0 N–H and O–H groups in total. The summed E-state index contributed by atoms with van der Waals surface area (Å²) in [4.78, 5) is 18.2. The predicted octanol–water partition coefficient (Wildman–Crippen LogP) is 6.86. The van der Waals surface area contributed by atoms with E-state index in [1.165, 1.54) is 4.68 Å². The van der Waals surface area contributed by atoms with E-state index >= 15 is 0 Å². The van der Waals surface area contributed by atoms with E-state index in [2.05, 4.69) is 48.4 Å². The molecule has 6 nitrogen and oxygen atoms in total. The molecule has 1 aromatic heterocycles. The number of nitrogens with zero attached hydrogens (tertiary/aromatic N) is 3. The van der Waals surface area contributed by atoms with Gasteiger partial charge in [-0.1, -0.05) is 42.8 Å². The largest absolute Gasteiger partial charge is 0.490 e. The molecule has 2 atom stereocenters. The second kappa shape index (κ2) is 12.2. The SMILES string of the molecule is C=CCc1cc(C=Nn2c([C@@H](C)CC)nc3ccc(Br)cc3c2=O)cc(OCC)c1O[C@H](C)CC. The van der Waals surface area contributed by atoms with Crippen LogP contribution in [-0.4, -0.2) is 28.6 Å². The molecule has 0 aliphatic rings. The molecule has 0 saturated carbocycles. The van der Waals surface area contributed by atoms with Gasteiger partial charge in [0.1, 0.15) is 5.82 Å². The van der Waals surface area contributed by atoms with Gasteiger partial charge in [-0.3, -0.25) is 4.79 Å². The Morgan fingerprint density at radius 1 is 1.17 bits per heavy atom. The normalized spacial score (nSPS) is 13.2. The summed E-state index contributed by atoms with van der Waals surface area (Å²) in [5.74, 6) is 2.09. The maximum Gasteiger partial charge on any atom is 0.282 e. The Balaban J connectivity index is 2.16. The van der Waals surface area contributed by atoms with E-state index in [-0.39, 0.29) is 17.6 Å². The Kier molecular flexibility index (Phi) is 9.26. The highest BCUT2D eigenvalue weighted by molar-refractivity contribution is 9.10. The summed E-state index contributed by atoms with van der Waals surface area (Å²) < 4.78 is 14.4. The lowest BCUT2D eigenvalue weighted by molar-refractivity contribution is 0.201. The van der Waals surface area contributed by atoms with Crippen molar-refractivity contribution in [3.63, 3.8) is 0 Å². The van der Waals surface area contributed by atoms with Gasteiger partial charge in [-0.25, -0.2) is 4.98 Å². The van der Waals surface area contributed by atoms with Gasteiger partial charge in [0.15, 0.2) is 11.5 Å². The van der Waals surface area contributed by atoms with Gasteiger partial charge in [-0.15, -0.1) is 6.58 Å². The van der Waals surface area contributed by atoms with E-state index in [1.807, 2.05) is 44.2 Å². The first kappa shape index (κ1) is 26.7. The molecule has 7 heteroatoms. The lowest BCUT2D eigenvalue weighted by atomic mass is 10.1. The van der Waals surface area contributed by atoms with E-state index in [1.54, 1.807) is 12.3 Å². The highest BCUT2D eigenvalue weighted by Gasteiger charge is 2.17. The molecule has 3 aromatic rings. The van der Waals surface area contributed by atoms with Crippen molar-refractivity contribution in [2.75, 3.05) is 6.61 Å². The Hall–Kier alpha value is -2.93. The fourth-order valence-corrected chi connectivity index (χ4v) is 4.01. The summed E-state index contributed by atoms with van der Waals surface area (Å²) in [5, 5.41) is 5.13.